The number of hydrogen-bond acceptors (Lipinski definition) is 14. The van der Waals surface area contributed by atoms with Gasteiger partial charge in [-0.1, -0.05) is 72.8 Å². The number of carbonyl (C=O) groups is 5. The van der Waals surface area contributed by atoms with Crippen LogP contribution in [0.2, 0.25) is 0 Å². The van der Waals surface area contributed by atoms with Crippen molar-refractivity contribution in [1.29, 1.82) is 0 Å². The number of amides is 4. The average molecular weight is 973 g/mol. The normalized spacial score (nSPS) is 12.9. The second kappa shape index (κ2) is 23.5. The first kappa shape index (κ1) is 57.2. The molecule has 1 atom stereocenters. The predicted octanol–water partition coefficient (Wildman–Crippen LogP) is 8.18. The third kappa shape index (κ3) is 16.6. The lowest BCUT2D eigenvalue weighted by molar-refractivity contribution is -0.153. The Morgan fingerprint density at radius 1 is 0.457 bits per heavy atom. The van der Waals surface area contributed by atoms with Gasteiger partial charge in [-0.05, 0) is 123 Å². The number of benzene rings is 3. The predicted molar refractivity (Wildman–Crippen MR) is 258 cm³/mol. The highest BCUT2D eigenvalue weighted by molar-refractivity contribution is 5.77. The molecule has 5 N–H and O–H groups in total. The van der Waals surface area contributed by atoms with Gasteiger partial charge in [0.1, 0.15) is 31.8 Å². The summed E-state index contributed by atoms with van der Waals surface area (Å²) in [5.74, 6) is -1.37. The Balaban J connectivity index is 1.46. The standard InChI is InChI=1S/C51H68N6O13/c1-45(2,52-32-58)34-17-14-19-36(27-34)47(5,6)54-41(62)67-25-23-66-24-26-68-42(63)55-48(7,8)38-21-16-22-39(29-38)50(11,12)57-44(65)70-31-51(13,40(60)61)30-69-43(64)56-49(9,10)37-20-15-18-35(28-37)46(3,4)53-33-59/h14-22,27-29H,23-26,30-31H2,1-13H3,(H,54,62)(H,55,63)(H,56,64)(H,57,65)(H,60,61). The van der Waals surface area contributed by atoms with Crippen LogP contribution in [0.25, 0.3) is 0 Å². The minimum absolute atomic E-state index is 0.0324. The van der Waals surface area contributed by atoms with Gasteiger partial charge < -0.3 is 50.1 Å². The second-order valence-electron chi connectivity index (χ2n) is 20.2. The SMILES string of the molecule is CC(COC(=O)NC(C)(C)c1cccc(C(C)(C)N=C=O)c1)(COC(=O)NC(C)(C)c1cccc(C(C)(C)NC(=O)OCCOCCOC(=O)NC(C)(C)c2cccc(C(C)(C)N=C=O)c2)c1)C(=O)O. The molecule has 0 saturated carbocycles. The van der Waals surface area contributed by atoms with Crippen LogP contribution >= 0.6 is 0 Å². The molecule has 3 aromatic rings. The van der Waals surface area contributed by atoms with Crippen molar-refractivity contribution in [1.82, 2.24) is 21.3 Å². The monoisotopic (exact) mass is 972 g/mol. The smallest absolute Gasteiger partial charge is 0.407 e. The van der Waals surface area contributed by atoms with Crippen LogP contribution in [0.15, 0.2) is 82.8 Å². The summed E-state index contributed by atoms with van der Waals surface area (Å²) in [6.07, 6.45) is -0.0403. The maximum Gasteiger partial charge on any atom is 0.407 e. The fourth-order valence-electron chi connectivity index (χ4n) is 6.79. The molecule has 3 rings (SSSR count). The van der Waals surface area contributed by atoms with Gasteiger partial charge in [0.25, 0.3) is 0 Å². The molecule has 0 aliphatic carbocycles. The molecule has 380 valence electrons. The van der Waals surface area contributed by atoms with E-state index >= 15 is 0 Å². The van der Waals surface area contributed by atoms with Gasteiger partial charge >= 0.3 is 30.3 Å². The zero-order valence-electron chi connectivity index (χ0n) is 42.4. The number of carbonyl (C=O) groups excluding carboxylic acids is 6. The number of rotatable bonds is 23. The molecule has 0 aromatic heterocycles. The van der Waals surface area contributed by atoms with Gasteiger partial charge in [0, 0.05) is 0 Å². The molecule has 0 fully saturated rings. The second-order valence-corrected chi connectivity index (χ2v) is 20.2. The molecule has 1 unspecified atom stereocenters. The van der Waals surface area contributed by atoms with Crippen LogP contribution in [0.5, 0.6) is 0 Å². The molecule has 0 radical (unpaired) electrons. The summed E-state index contributed by atoms with van der Waals surface area (Å²) < 4.78 is 26.8. The van der Waals surface area contributed by atoms with Crippen molar-refractivity contribution in [3.8, 4) is 0 Å². The van der Waals surface area contributed by atoms with Crippen molar-refractivity contribution in [2.75, 3.05) is 39.6 Å². The first-order valence-electron chi connectivity index (χ1n) is 22.5. The number of isocyanates is 2. The molecule has 0 spiro atoms. The highest BCUT2D eigenvalue weighted by atomic mass is 16.6. The van der Waals surface area contributed by atoms with Crippen LogP contribution < -0.4 is 21.3 Å². The molecule has 0 aliphatic heterocycles. The Hall–Kier alpha value is -7.07. The molecule has 19 nitrogen and oxygen atoms in total. The number of nitrogens with zero attached hydrogens (tertiary/aromatic N) is 2. The molecule has 0 bridgehead atoms. The molecule has 0 heterocycles. The van der Waals surface area contributed by atoms with Crippen LogP contribution in [0.3, 0.4) is 0 Å². The van der Waals surface area contributed by atoms with Gasteiger partial charge in [0.2, 0.25) is 12.2 Å². The van der Waals surface area contributed by atoms with Crippen LogP contribution in [0.1, 0.15) is 123 Å². The third-order valence-electron chi connectivity index (χ3n) is 11.7. The van der Waals surface area contributed by atoms with Gasteiger partial charge in [-0.3, -0.25) is 4.79 Å². The molecule has 19 heteroatoms. The largest absolute Gasteiger partial charge is 0.481 e. The van der Waals surface area contributed by atoms with Crippen molar-refractivity contribution in [2.24, 2.45) is 15.4 Å². The lowest BCUT2D eigenvalue weighted by atomic mass is 9.87. The van der Waals surface area contributed by atoms with E-state index in [2.05, 4.69) is 31.3 Å². The fraction of sp³-hybridized carbons (Fsp3) is 0.510. The maximum absolute atomic E-state index is 13.1. The van der Waals surface area contributed by atoms with Crippen LogP contribution in [-0.4, -0.2) is 87.2 Å². The van der Waals surface area contributed by atoms with Gasteiger partial charge in [-0.2, -0.15) is 9.98 Å². The molecular formula is C51H68N6O13. The number of hydrogen-bond donors (Lipinski definition) is 5. The zero-order chi connectivity index (χ0) is 52.8. The minimum atomic E-state index is -1.81. The van der Waals surface area contributed by atoms with E-state index in [0.717, 1.165) is 11.1 Å². The molecular weight excluding hydrogens is 905 g/mol. The van der Waals surface area contributed by atoms with Gasteiger partial charge in [0.05, 0.1) is 46.4 Å². The zero-order valence-corrected chi connectivity index (χ0v) is 42.4. The molecule has 0 aliphatic rings. The van der Waals surface area contributed by atoms with Gasteiger partial charge in [0.15, 0.2) is 0 Å². The summed E-state index contributed by atoms with van der Waals surface area (Å²) in [7, 11) is 0. The number of aliphatic imine (C=N–C) groups is 2. The van der Waals surface area contributed by atoms with Crippen molar-refractivity contribution in [3.05, 3.63) is 106 Å². The van der Waals surface area contributed by atoms with E-state index < -0.39 is 82.2 Å². The lowest BCUT2D eigenvalue weighted by Crippen LogP contribution is -2.46. The van der Waals surface area contributed by atoms with E-state index in [4.69, 9.17) is 23.7 Å². The Bertz CT molecular complexity index is 2450. The van der Waals surface area contributed by atoms with E-state index in [9.17, 15) is 38.7 Å². The summed E-state index contributed by atoms with van der Waals surface area (Å²) in [5.41, 5.74) is -3.01. The van der Waals surface area contributed by atoms with E-state index in [1.807, 2.05) is 38.1 Å². The maximum atomic E-state index is 13.1. The Morgan fingerprint density at radius 3 is 1.01 bits per heavy atom. The fourth-order valence-corrected chi connectivity index (χ4v) is 6.79. The van der Waals surface area contributed by atoms with E-state index in [-0.39, 0.29) is 26.4 Å². The molecule has 4 amide bonds. The summed E-state index contributed by atoms with van der Waals surface area (Å²) in [6.45, 7) is 21.1. The number of nitrogens with one attached hydrogen (secondary N) is 4. The van der Waals surface area contributed by atoms with Crippen LogP contribution in [0.4, 0.5) is 19.2 Å². The van der Waals surface area contributed by atoms with Crippen LogP contribution in [-0.2, 0) is 71.3 Å². The number of alkyl carbamates (subject to hydrolysis) is 4. The number of aliphatic carboxylic acids is 1. The molecule has 0 saturated heterocycles. The van der Waals surface area contributed by atoms with Crippen molar-refractivity contribution in [3.63, 3.8) is 0 Å². The number of carboxylic acid groups (broad SMARTS) is 1. The quantitative estimate of drug-likeness (QED) is 0.0260. The van der Waals surface area contributed by atoms with E-state index in [1.54, 1.807) is 130 Å². The van der Waals surface area contributed by atoms with E-state index in [1.165, 1.54) is 6.92 Å². The first-order valence-corrected chi connectivity index (χ1v) is 22.5. The van der Waals surface area contributed by atoms with Crippen LogP contribution in [0, 0.1) is 5.41 Å². The number of carboxylic acids is 1. The van der Waals surface area contributed by atoms with Crippen molar-refractivity contribution >= 4 is 42.5 Å². The lowest BCUT2D eigenvalue weighted by Gasteiger charge is -2.31. The Kier molecular flexibility index (Phi) is 19.2. The Morgan fingerprint density at radius 2 is 0.729 bits per heavy atom. The first-order chi connectivity index (χ1) is 32.4. The van der Waals surface area contributed by atoms with Crippen molar-refractivity contribution in [2.45, 2.75) is 123 Å². The highest BCUT2D eigenvalue weighted by Crippen LogP contribution is 2.31. The minimum Gasteiger partial charge on any atom is -0.481 e. The summed E-state index contributed by atoms with van der Waals surface area (Å²) in [5, 5.41) is 21.2. The van der Waals surface area contributed by atoms with E-state index in [0.29, 0.717) is 22.3 Å². The summed E-state index contributed by atoms with van der Waals surface area (Å²) in [4.78, 5) is 93.4. The third-order valence-corrected chi connectivity index (χ3v) is 11.7. The highest BCUT2D eigenvalue weighted by Gasteiger charge is 2.39. The summed E-state index contributed by atoms with van der Waals surface area (Å²) >= 11 is 0. The van der Waals surface area contributed by atoms with Crippen molar-refractivity contribution < 1.29 is 62.4 Å². The number of ether oxygens (including phenoxy) is 5. The molecule has 3 aromatic carbocycles. The van der Waals surface area contributed by atoms with Gasteiger partial charge in [-0.15, -0.1) is 0 Å². The molecule has 70 heavy (non-hydrogen) atoms. The topological polar surface area (TPSA) is 259 Å². The Labute approximate surface area is 409 Å². The van der Waals surface area contributed by atoms with Gasteiger partial charge in [-0.25, -0.2) is 28.8 Å². The average Bonchev–Trinajstić information content (AvgIpc) is 3.26. The summed E-state index contributed by atoms with van der Waals surface area (Å²) in [6, 6.07) is 21.6.